The number of halogens is 2. The molecular formula is C12H16ClFN2O2. The van der Waals surface area contributed by atoms with Gasteiger partial charge in [0.15, 0.2) is 0 Å². The predicted molar refractivity (Wildman–Crippen MR) is 68.1 cm³/mol. The van der Waals surface area contributed by atoms with Crippen LogP contribution < -0.4 is 10.6 Å². The van der Waals surface area contributed by atoms with Gasteiger partial charge in [0.25, 0.3) is 0 Å². The summed E-state index contributed by atoms with van der Waals surface area (Å²) in [5.41, 5.74) is 0.531. The van der Waals surface area contributed by atoms with E-state index >= 15 is 0 Å². The molecule has 0 spiro atoms. The van der Waals surface area contributed by atoms with Gasteiger partial charge in [-0.05, 0) is 6.07 Å². The molecule has 1 aromatic rings. The van der Waals surface area contributed by atoms with Crippen molar-refractivity contribution in [3.8, 4) is 0 Å². The largest absolute Gasteiger partial charge is 0.370 e. The summed E-state index contributed by atoms with van der Waals surface area (Å²) < 4.78 is 18.9. The molecule has 4 nitrogen and oxygen atoms in total. The molecule has 1 aliphatic heterocycles. The van der Waals surface area contributed by atoms with Gasteiger partial charge in [0.1, 0.15) is 5.82 Å². The lowest BCUT2D eigenvalue weighted by atomic mass is 10.2. The molecule has 0 aliphatic carbocycles. The van der Waals surface area contributed by atoms with Gasteiger partial charge in [-0.15, -0.1) is 12.4 Å². The van der Waals surface area contributed by atoms with E-state index in [9.17, 15) is 9.18 Å². The number of benzene rings is 1. The van der Waals surface area contributed by atoms with Crippen LogP contribution >= 0.6 is 12.4 Å². The lowest BCUT2D eigenvalue weighted by Gasteiger charge is -2.15. The van der Waals surface area contributed by atoms with Crippen LogP contribution in [0.15, 0.2) is 24.3 Å². The molecule has 0 aromatic heterocycles. The highest BCUT2D eigenvalue weighted by atomic mass is 35.5. The minimum Gasteiger partial charge on any atom is -0.370 e. The zero-order valence-corrected chi connectivity index (χ0v) is 10.6. The first-order valence-corrected chi connectivity index (χ1v) is 5.58. The number of amides is 1. The second-order valence-electron chi connectivity index (χ2n) is 3.96. The van der Waals surface area contributed by atoms with E-state index in [4.69, 9.17) is 4.74 Å². The Bertz CT molecular complexity index is 403. The second-order valence-corrected chi connectivity index (χ2v) is 3.96. The Morgan fingerprint density at radius 3 is 2.89 bits per heavy atom. The van der Waals surface area contributed by atoms with E-state index in [1.165, 1.54) is 6.07 Å². The fraction of sp³-hybridized carbons (Fsp3) is 0.417. The molecular weight excluding hydrogens is 259 g/mol. The van der Waals surface area contributed by atoms with Crippen molar-refractivity contribution < 1.29 is 13.9 Å². The second kappa shape index (κ2) is 7.31. The lowest BCUT2D eigenvalue weighted by molar-refractivity contribution is -0.120. The van der Waals surface area contributed by atoms with Crippen molar-refractivity contribution in [3.05, 3.63) is 35.6 Å². The third-order valence-electron chi connectivity index (χ3n) is 2.62. The average Bonchev–Trinajstić information content (AvgIpc) is 2.53. The van der Waals surface area contributed by atoms with Crippen LogP contribution in [-0.2, 0) is 16.1 Å². The van der Waals surface area contributed by atoms with Gasteiger partial charge < -0.3 is 15.4 Å². The van der Waals surface area contributed by atoms with E-state index in [1.54, 1.807) is 18.2 Å². The van der Waals surface area contributed by atoms with Crippen LogP contribution in [0.4, 0.5) is 4.39 Å². The maximum Gasteiger partial charge on any atom is 0.234 e. The van der Waals surface area contributed by atoms with Crippen molar-refractivity contribution in [2.45, 2.75) is 12.7 Å². The minimum absolute atomic E-state index is 0. The van der Waals surface area contributed by atoms with Crippen molar-refractivity contribution in [1.82, 2.24) is 10.6 Å². The van der Waals surface area contributed by atoms with Crippen molar-refractivity contribution in [2.75, 3.05) is 19.6 Å². The highest BCUT2D eigenvalue weighted by Gasteiger charge is 2.15. The Labute approximate surface area is 111 Å². The topological polar surface area (TPSA) is 50.4 Å². The molecule has 1 unspecified atom stereocenters. The molecule has 1 fully saturated rings. The van der Waals surface area contributed by atoms with Crippen LogP contribution in [0.5, 0.6) is 0 Å². The van der Waals surface area contributed by atoms with Gasteiger partial charge in [-0.1, -0.05) is 18.2 Å². The molecule has 6 heteroatoms. The van der Waals surface area contributed by atoms with Crippen molar-refractivity contribution >= 4 is 18.3 Å². The minimum atomic E-state index is -0.266. The number of hydrogen-bond acceptors (Lipinski definition) is 3. The molecule has 1 atom stereocenters. The fourth-order valence-electron chi connectivity index (χ4n) is 1.65. The Morgan fingerprint density at radius 1 is 1.33 bits per heavy atom. The van der Waals surface area contributed by atoms with Crippen LogP contribution in [0.2, 0.25) is 0 Å². The number of hydrogen-bond donors (Lipinski definition) is 2. The molecule has 1 saturated heterocycles. The van der Waals surface area contributed by atoms with E-state index in [0.717, 1.165) is 0 Å². The smallest absolute Gasteiger partial charge is 0.234 e. The molecule has 0 saturated carbocycles. The normalized spacial score (nSPS) is 19.6. The van der Waals surface area contributed by atoms with Gasteiger partial charge in [-0.3, -0.25) is 4.79 Å². The first-order valence-electron chi connectivity index (χ1n) is 5.58. The first kappa shape index (κ1) is 14.9. The monoisotopic (exact) mass is 274 g/mol. The number of ether oxygens (including phenoxy) is 1. The lowest BCUT2D eigenvalue weighted by Crippen LogP contribution is -2.32. The summed E-state index contributed by atoms with van der Waals surface area (Å²) in [5.74, 6) is -0.305. The van der Waals surface area contributed by atoms with Crippen molar-refractivity contribution in [3.63, 3.8) is 0 Å². The van der Waals surface area contributed by atoms with Crippen LogP contribution in [0.3, 0.4) is 0 Å². The SMILES string of the molecule is Cl.O=C1CNCC(OCc2ccccc2F)CN1. The molecule has 2 N–H and O–H groups in total. The van der Waals surface area contributed by atoms with Gasteiger partial charge in [0.2, 0.25) is 5.91 Å². The Balaban J connectivity index is 0.00000162. The van der Waals surface area contributed by atoms with Gasteiger partial charge in [0.05, 0.1) is 19.3 Å². The standard InChI is InChI=1S/C12H15FN2O2.ClH/c13-11-4-2-1-3-9(11)8-17-10-5-14-7-12(16)15-6-10;/h1-4,10,14H,5-8H2,(H,15,16);1H. The van der Waals surface area contributed by atoms with Gasteiger partial charge >= 0.3 is 0 Å². The molecule has 1 amide bonds. The Morgan fingerprint density at radius 2 is 2.11 bits per heavy atom. The number of carbonyl (C=O) groups is 1. The van der Waals surface area contributed by atoms with Crippen molar-refractivity contribution in [1.29, 1.82) is 0 Å². The Hall–Kier alpha value is -1.17. The number of rotatable bonds is 3. The van der Waals surface area contributed by atoms with Gasteiger partial charge in [0, 0.05) is 18.7 Å². The van der Waals surface area contributed by atoms with Gasteiger partial charge in [-0.2, -0.15) is 0 Å². The maximum absolute atomic E-state index is 13.3. The zero-order chi connectivity index (χ0) is 12.1. The van der Waals surface area contributed by atoms with Crippen molar-refractivity contribution in [2.24, 2.45) is 0 Å². The first-order chi connectivity index (χ1) is 8.25. The summed E-state index contributed by atoms with van der Waals surface area (Å²) in [7, 11) is 0. The quantitative estimate of drug-likeness (QED) is 0.859. The average molecular weight is 275 g/mol. The summed E-state index contributed by atoms with van der Waals surface area (Å²) in [6, 6.07) is 6.52. The third-order valence-corrected chi connectivity index (χ3v) is 2.62. The van der Waals surface area contributed by atoms with Gasteiger partial charge in [-0.25, -0.2) is 4.39 Å². The van der Waals surface area contributed by atoms with E-state index in [0.29, 0.717) is 25.2 Å². The highest BCUT2D eigenvalue weighted by Crippen LogP contribution is 2.09. The molecule has 100 valence electrons. The number of nitrogens with one attached hydrogen (secondary N) is 2. The molecule has 18 heavy (non-hydrogen) atoms. The van der Waals surface area contributed by atoms with Crippen LogP contribution in [-0.4, -0.2) is 31.6 Å². The molecule has 1 heterocycles. The molecule has 2 rings (SSSR count). The van der Waals surface area contributed by atoms with Crippen LogP contribution in [0, 0.1) is 5.82 Å². The summed E-state index contributed by atoms with van der Waals surface area (Å²) in [6.45, 7) is 1.57. The predicted octanol–water partition coefficient (Wildman–Crippen LogP) is 0.852. The van der Waals surface area contributed by atoms with E-state index < -0.39 is 0 Å². The molecule has 0 bridgehead atoms. The summed E-state index contributed by atoms with van der Waals surface area (Å²) in [6.07, 6.45) is -0.124. The zero-order valence-electron chi connectivity index (χ0n) is 9.82. The maximum atomic E-state index is 13.3. The Kier molecular flexibility index (Phi) is 6.04. The van der Waals surface area contributed by atoms with E-state index in [1.807, 2.05) is 0 Å². The molecule has 1 aromatic carbocycles. The van der Waals surface area contributed by atoms with E-state index in [-0.39, 0.29) is 36.8 Å². The third kappa shape index (κ3) is 4.25. The summed E-state index contributed by atoms with van der Waals surface area (Å²) in [4.78, 5) is 11.1. The summed E-state index contributed by atoms with van der Waals surface area (Å²) >= 11 is 0. The molecule has 0 radical (unpaired) electrons. The van der Waals surface area contributed by atoms with Crippen LogP contribution in [0.25, 0.3) is 0 Å². The summed E-state index contributed by atoms with van der Waals surface area (Å²) in [5, 5.41) is 5.69. The highest BCUT2D eigenvalue weighted by molar-refractivity contribution is 5.85. The molecule has 1 aliphatic rings. The fourth-order valence-corrected chi connectivity index (χ4v) is 1.65. The van der Waals surface area contributed by atoms with Crippen LogP contribution in [0.1, 0.15) is 5.56 Å². The number of carbonyl (C=O) groups excluding carboxylic acids is 1. The van der Waals surface area contributed by atoms with E-state index in [2.05, 4.69) is 10.6 Å².